The molecule has 0 aliphatic heterocycles. The van der Waals surface area contributed by atoms with Gasteiger partial charge in [0.05, 0.1) is 24.2 Å². The molecule has 0 fully saturated rings. The van der Waals surface area contributed by atoms with Crippen LogP contribution in [0.4, 0.5) is 50.9 Å². The van der Waals surface area contributed by atoms with E-state index >= 15 is 0 Å². The summed E-state index contributed by atoms with van der Waals surface area (Å²) >= 11 is 0. The van der Waals surface area contributed by atoms with Gasteiger partial charge in [0.2, 0.25) is 11.7 Å². The van der Waals surface area contributed by atoms with Crippen molar-refractivity contribution in [1.82, 2.24) is 10.1 Å². The number of aromatic nitrogens is 2. The molecule has 34 heavy (non-hydrogen) atoms. The summed E-state index contributed by atoms with van der Waals surface area (Å²) in [4.78, 5) is 7.06. The Morgan fingerprint density at radius 2 is 1.53 bits per heavy atom. The molecule has 2 aromatic carbocycles. The van der Waals surface area contributed by atoms with E-state index in [4.69, 9.17) is 11.1 Å². The number of nitrogens with zero attached hydrogens (tertiary/aromatic N) is 4. The average molecular weight is 494 g/mol. The second-order valence-corrected chi connectivity index (χ2v) is 6.87. The largest absolute Gasteiger partial charge is 0.416 e. The molecule has 0 aliphatic carbocycles. The molecule has 180 valence electrons. The van der Waals surface area contributed by atoms with Crippen LogP contribution in [0.5, 0.6) is 0 Å². The third-order valence-electron chi connectivity index (χ3n) is 4.41. The van der Waals surface area contributed by atoms with Crippen LogP contribution in [0.1, 0.15) is 17.0 Å². The van der Waals surface area contributed by atoms with Crippen LogP contribution in [-0.2, 0) is 18.9 Å². The number of benzene rings is 2. The summed E-state index contributed by atoms with van der Waals surface area (Å²) < 4.78 is 122. The summed E-state index contributed by atoms with van der Waals surface area (Å²) in [5.74, 6) is -0.656. The minimum atomic E-state index is -4.99. The zero-order chi connectivity index (χ0) is 25.3. The van der Waals surface area contributed by atoms with Crippen LogP contribution < -0.4 is 4.90 Å². The predicted octanol–water partition coefficient (Wildman–Crippen LogP) is 6.89. The van der Waals surface area contributed by atoms with Gasteiger partial charge >= 0.3 is 18.5 Å². The molecular formula is C20H11F9N4O. The summed E-state index contributed by atoms with van der Waals surface area (Å²) in [7, 11) is 0. The highest BCUT2D eigenvalue weighted by atomic mass is 19.4. The fourth-order valence-electron chi connectivity index (χ4n) is 2.91. The Labute approximate surface area is 185 Å². The molecule has 0 saturated heterocycles. The topological polar surface area (TPSA) is 46.5 Å². The molecule has 14 heteroatoms. The fourth-order valence-corrected chi connectivity index (χ4v) is 2.91. The number of rotatable bonds is 5. The van der Waals surface area contributed by atoms with Crippen LogP contribution >= 0.6 is 0 Å². The van der Waals surface area contributed by atoms with Gasteiger partial charge in [-0.2, -0.15) is 44.5 Å². The van der Waals surface area contributed by atoms with Gasteiger partial charge in [0, 0.05) is 11.3 Å². The molecule has 3 aromatic rings. The highest BCUT2D eigenvalue weighted by Crippen LogP contribution is 2.39. The molecular weight excluding hydrogens is 483 g/mol. The first kappa shape index (κ1) is 24.9. The first-order chi connectivity index (χ1) is 15.7. The minimum absolute atomic E-state index is 0.0751. The van der Waals surface area contributed by atoms with Crippen molar-refractivity contribution in [3.63, 3.8) is 0 Å². The SMILES string of the molecule is [C-]#[N+]c1ccc(N(Cc2nc(-c3ccc(C(F)(F)F)cc3)no2)CC(F)(F)F)cc1C(F)(F)F. The van der Waals surface area contributed by atoms with Gasteiger partial charge in [-0.15, -0.1) is 0 Å². The Balaban J connectivity index is 1.92. The molecule has 0 aliphatic rings. The predicted molar refractivity (Wildman–Crippen MR) is 99.5 cm³/mol. The van der Waals surface area contributed by atoms with Gasteiger partial charge in [0.15, 0.2) is 5.69 Å². The molecule has 0 N–H and O–H groups in total. The van der Waals surface area contributed by atoms with Crippen LogP contribution in [0.15, 0.2) is 47.0 Å². The van der Waals surface area contributed by atoms with E-state index in [0.29, 0.717) is 11.0 Å². The fraction of sp³-hybridized carbons (Fsp3) is 0.250. The van der Waals surface area contributed by atoms with Crippen molar-refractivity contribution in [2.45, 2.75) is 25.1 Å². The number of alkyl halides is 9. The summed E-state index contributed by atoms with van der Waals surface area (Å²) in [5, 5.41) is 3.51. The zero-order valence-corrected chi connectivity index (χ0v) is 16.6. The van der Waals surface area contributed by atoms with Crippen molar-refractivity contribution in [1.29, 1.82) is 0 Å². The number of anilines is 1. The molecule has 5 nitrogen and oxygen atoms in total. The molecule has 3 rings (SSSR count). The minimum Gasteiger partial charge on any atom is -0.353 e. The number of hydrogen-bond donors (Lipinski definition) is 0. The number of hydrogen-bond acceptors (Lipinski definition) is 4. The Bertz CT molecular complexity index is 1190. The Morgan fingerprint density at radius 3 is 2.06 bits per heavy atom. The van der Waals surface area contributed by atoms with Crippen LogP contribution in [0, 0.1) is 6.57 Å². The third kappa shape index (κ3) is 5.97. The first-order valence-corrected chi connectivity index (χ1v) is 9.08. The summed E-state index contributed by atoms with van der Waals surface area (Å²) in [6.07, 6.45) is -14.4. The smallest absolute Gasteiger partial charge is 0.353 e. The molecule has 0 spiro atoms. The van der Waals surface area contributed by atoms with E-state index in [1.807, 2.05) is 0 Å². The van der Waals surface area contributed by atoms with Gasteiger partial charge in [-0.25, -0.2) is 4.85 Å². The van der Waals surface area contributed by atoms with Crippen molar-refractivity contribution in [3.8, 4) is 11.4 Å². The van der Waals surface area contributed by atoms with Crippen LogP contribution in [-0.4, -0.2) is 22.9 Å². The standard InChI is InChI=1S/C20H11F9N4O/c1-30-15-7-6-13(8-14(15)20(27,28)29)33(10-18(21,22)23)9-16-31-17(32-34-16)11-2-4-12(5-3-11)19(24,25)26/h2-8H,9-10H2. The van der Waals surface area contributed by atoms with E-state index in [-0.39, 0.29) is 11.4 Å². The van der Waals surface area contributed by atoms with E-state index in [0.717, 1.165) is 36.4 Å². The van der Waals surface area contributed by atoms with Crippen LogP contribution in [0.3, 0.4) is 0 Å². The summed E-state index contributed by atoms with van der Waals surface area (Å²) in [5.41, 5.74) is -3.58. The monoisotopic (exact) mass is 494 g/mol. The van der Waals surface area contributed by atoms with Crippen molar-refractivity contribution in [3.05, 3.63) is 70.9 Å². The molecule has 0 amide bonds. The van der Waals surface area contributed by atoms with Crippen molar-refractivity contribution in [2.24, 2.45) is 0 Å². The summed E-state index contributed by atoms with van der Waals surface area (Å²) in [6, 6.07) is 5.63. The molecule has 1 heterocycles. The Hall–Kier alpha value is -3.76. The second-order valence-electron chi connectivity index (χ2n) is 6.87. The van der Waals surface area contributed by atoms with Gasteiger partial charge < -0.3 is 9.42 Å². The van der Waals surface area contributed by atoms with Gasteiger partial charge in [-0.3, -0.25) is 0 Å². The van der Waals surface area contributed by atoms with Crippen LogP contribution in [0.2, 0.25) is 0 Å². The Morgan fingerprint density at radius 1 is 0.882 bits per heavy atom. The van der Waals surface area contributed by atoms with E-state index in [9.17, 15) is 39.5 Å². The quantitative estimate of drug-likeness (QED) is 0.286. The maximum atomic E-state index is 13.2. The van der Waals surface area contributed by atoms with Crippen molar-refractivity contribution >= 4 is 11.4 Å². The number of halogens is 9. The Kier molecular flexibility index (Phi) is 6.50. The lowest BCUT2D eigenvalue weighted by molar-refractivity contribution is -0.138. The lowest BCUT2D eigenvalue weighted by Crippen LogP contribution is -2.34. The van der Waals surface area contributed by atoms with Gasteiger partial charge in [-0.1, -0.05) is 23.4 Å². The normalized spacial score (nSPS) is 12.5. The van der Waals surface area contributed by atoms with Crippen molar-refractivity contribution < 1.29 is 44.0 Å². The lowest BCUT2D eigenvalue weighted by atomic mass is 10.1. The highest BCUT2D eigenvalue weighted by molar-refractivity contribution is 5.62. The van der Waals surface area contributed by atoms with Gasteiger partial charge in [0.1, 0.15) is 6.54 Å². The summed E-state index contributed by atoms with van der Waals surface area (Å²) in [6.45, 7) is 4.39. The van der Waals surface area contributed by atoms with E-state index < -0.39 is 60.0 Å². The lowest BCUT2D eigenvalue weighted by Gasteiger charge is -2.25. The van der Waals surface area contributed by atoms with E-state index in [1.165, 1.54) is 0 Å². The van der Waals surface area contributed by atoms with Crippen molar-refractivity contribution in [2.75, 3.05) is 11.4 Å². The third-order valence-corrected chi connectivity index (χ3v) is 4.41. The molecule has 1 aromatic heterocycles. The van der Waals surface area contributed by atoms with E-state index in [1.54, 1.807) is 0 Å². The molecule has 0 atom stereocenters. The molecule has 0 unspecified atom stereocenters. The average Bonchev–Trinajstić information content (AvgIpc) is 3.19. The van der Waals surface area contributed by atoms with E-state index in [2.05, 4.69) is 15.0 Å². The zero-order valence-electron chi connectivity index (χ0n) is 16.6. The molecule has 0 radical (unpaired) electrons. The maximum Gasteiger partial charge on any atom is 0.416 e. The van der Waals surface area contributed by atoms with Crippen LogP contribution in [0.25, 0.3) is 16.2 Å². The molecule has 0 bridgehead atoms. The van der Waals surface area contributed by atoms with Gasteiger partial charge in [0.25, 0.3) is 0 Å². The second kappa shape index (κ2) is 8.88. The highest BCUT2D eigenvalue weighted by Gasteiger charge is 2.36. The molecule has 0 saturated carbocycles. The maximum absolute atomic E-state index is 13.2. The van der Waals surface area contributed by atoms with Gasteiger partial charge in [-0.05, 0) is 24.3 Å². The first-order valence-electron chi connectivity index (χ1n) is 9.08.